The van der Waals surface area contributed by atoms with Crippen LogP contribution in [0.5, 0.6) is 0 Å². The Kier molecular flexibility index (Phi) is 4.52. The van der Waals surface area contributed by atoms with Crippen LogP contribution in [0.25, 0.3) is 0 Å². The fourth-order valence-corrected chi connectivity index (χ4v) is 2.10. The van der Waals surface area contributed by atoms with Crippen molar-refractivity contribution in [3.05, 3.63) is 12.2 Å². The Balaban J connectivity index is 2.45. The van der Waals surface area contributed by atoms with Crippen LogP contribution in [-0.4, -0.2) is 46.5 Å². The van der Waals surface area contributed by atoms with Gasteiger partial charge in [0.05, 0.1) is 0 Å². The molecular formula is C9H13NO3S. The number of nitrogens with zero attached hydrogens (tertiary/aromatic N) is 1. The van der Waals surface area contributed by atoms with Crippen LogP contribution < -0.4 is 0 Å². The Morgan fingerprint density at radius 3 is 2.71 bits per heavy atom. The van der Waals surface area contributed by atoms with Crippen molar-refractivity contribution in [2.24, 2.45) is 0 Å². The predicted octanol–water partition coefficient (Wildman–Crippen LogP) is 0.593. The first-order valence-corrected chi connectivity index (χ1v) is 5.63. The van der Waals surface area contributed by atoms with Gasteiger partial charge in [-0.15, -0.1) is 0 Å². The van der Waals surface area contributed by atoms with E-state index < -0.39 is 5.97 Å². The van der Waals surface area contributed by atoms with Gasteiger partial charge in [-0.1, -0.05) is 0 Å². The highest BCUT2D eigenvalue weighted by molar-refractivity contribution is 7.99. The van der Waals surface area contributed by atoms with Gasteiger partial charge in [-0.25, -0.2) is 4.79 Å². The zero-order chi connectivity index (χ0) is 10.4. The molecule has 0 saturated carbocycles. The van der Waals surface area contributed by atoms with Crippen molar-refractivity contribution in [2.75, 3.05) is 24.6 Å². The monoisotopic (exact) mass is 215 g/mol. The first-order valence-electron chi connectivity index (χ1n) is 4.48. The fourth-order valence-electron chi connectivity index (χ4n) is 1.21. The number of amides is 1. The van der Waals surface area contributed by atoms with Crippen molar-refractivity contribution < 1.29 is 14.7 Å². The van der Waals surface area contributed by atoms with Crippen molar-refractivity contribution in [2.45, 2.75) is 6.42 Å². The number of thioether (sulfide) groups is 1. The molecule has 0 spiro atoms. The molecule has 5 heteroatoms. The maximum absolute atomic E-state index is 11.4. The lowest BCUT2D eigenvalue weighted by Gasteiger charge is -2.17. The SMILES string of the molecule is O=C(O)C=CC(=O)N1CCCSCC1. The molecule has 0 aromatic carbocycles. The second-order valence-corrected chi connectivity index (χ2v) is 4.19. The summed E-state index contributed by atoms with van der Waals surface area (Å²) in [6.45, 7) is 1.45. The molecule has 1 rings (SSSR count). The lowest BCUT2D eigenvalue weighted by atomic mass is 10.3. The minimum absolute atomic E-state index is 0.199. The normalized spacial score (nSPS) is 18.1. The third kappa shape index (κ3) is 3.83. The molecule has 0 unspecified atom stereocenters. The summed E-state index contributed by atoms with van der Waals surface area (Å²) in [6, 6.07) is 0. The van der Waals surface area contributed by atoms with Gasteiger partial charge in [0, 0.05) is 31.0 Å². The van der Waals surface area contributed by atoms with Crippen LogP contribution >= 0.6 is 11.8 Å². The van der Waals surface area contributed by atoms with E-state index in [0.29, 0.717) is 6.54 Å². The summed E-state index contributed by atoms with van der Waals surface area (Å²) >= 11 is 1.83. The number of carbonyl (C=O) groups is 2. The van der Waals surface area contributed by atoms with Crippen molar-refractivity contribution in [3.63, 3.8) is 0 Å². The number of aliphatic carboxylic acids is 1. The van der Waals surface area contributed by atoms with Crippen LogP contribution in [0, 0.1) is 0 Å². The Labute approximate surface area is 87.0 Å². The maximum Gasteiger partial charge on any atom is 0.328 e. The summed E-state index contributed by atoms with van der Waals surface area (Å²) in [4.78, 5) is 23.3. The number of carbonyl (C=O) groups excluding carboxylic acids is 1. The molecule has 14 heavy (non-hydrogen) atoms. The molecule has 1 aliphatic rings. The molecule has 4 nitrogen and oxygen atoms in total. The Bertz CT molecular complexity index is 244. The molecule has 0 atom stereocenters. The molecule has 0 radical (unpaired) electrons. The second-order valence-electron chi connectivity index (χ2n) is 2.96. The van der Waals surface area contributed by atoms with Gasteiger partial charge < -0.3 is 10.0 Å². The van der Waals surface area contributed by atoms with Gasteiger partial charge in [0.1, 0.15) is 0 Å². The molecule has 1 heterocycles. The molecule has 0 aromatic rings. The van der Waals surface area contributed by atoms with Gasteiger partial charge in [-0.3, -0.25) is 4.79 Å². The predicted molar refractivity (Wildman–Crippen MR) is 55.3 cm³/mol. The summed E-state index contributed by atoms with van der Waals surface area (Å²) in [7, 11) is 0. The number of hydrogen-bond donors (Lipinski definition) is 1. The van der Waals surface area contributed by atoms with E-state index in [-0.39, 0.29) is 5.91 Å². The zero-order valence-electron chi connectivity index (χ0n) is 7.81. The summed E-state index contributed by atoms with van der Waals surface area (Å²) < 4.78 is 0. The topological polar surface area (TPSA) is 57.6 Å². The van der Waals surface area contributed by atoms with E-state index in [1.165, 1.54) is 0 Å². The summed E-state index contributed by atoms with van der Waals surface area (Å²) in [5.74, 6) is 0.733. The van der Waals surface area contributed by atoms with Gasteiger partial charge in [-0.2, -0.15) is 11.8 Å². The Morgan fingerprint density at radius 2 is 2.00 bits per heavy atom. The van der Waals surface area contributed by atoms with Crippen LogP contribution in [0.15, 0.2) is 12.2 Å². The van der Waals surface area contributed by atoms with Gasteiger partial charge in [0.2, 0.25) is 5.91 Å². The quantitative estimate of drug-likeness (QED) is 0.685. The van der Waals surface area contributed by atoms with Crippen LogP contribution in [0.2, 0.25) is 0 Å². The molecule has 0 bridgehead atoms. The highest BCUT2D eigenvalue weighted by atomic mass is 32.2. The number of rotatable bonds is 2. The van der Waals surface area contributed by atoms with E-state index in [1.54, 1.807) is 4.90 Å². The second kappa shape index (κ2) is 5.70. The van der Waals surface area contributed by atoms with Gasteiger partial charge in [0.15, 0.2) is 0 Å². The largest absolute Gasteiger partial charge is 0.478 e. The molecule has 1 amide bonds. The van der Waals surface area contributed by atoms with Gasteiger partial charge in [-0.05, 0) is 12.2 Å². The average molecular weight is 215 g/mol. The average Bonchev–Trinajstić information content (AvgIpc) is 2.42. The van der Waals surface area contributed by atoms with Crippen LogP contribution in [0.4, 0.5) is 0 Å². The maximum atomic E-state index is 11.4. The third-order valence-corrected chi connectivity index (χ3v) is 2.95. The van der Waals surface area contributed by atoms with E-state index >= 15 is 0 Å². The summed E-state index contributed by atoms with van der Waals surface area (Å²) in [5, 5.41) is 8.35. The number of carboxylic acids is 1. The summed E-state index contributed by atoms with van der Waals surface area (Å²) in [5.41, 5.74) is 0. The minimum atomic E-state index is -1.08. The zero-order valence-corrected chi connectivity index (χ0v) is 8.63. The minimum Gasteiger partial charge on any atom is -0.478 e. The molecule has 0 aliphatic carbocycles. The molecule has 1 N–H and O–H groups in total. The number of carboxylic acid groups (broad SMARTS) is 1. The third-order valence-electron chi connectivity index (χ3n) is 1.90. The molecule has 1 aliphatic heterocycles. The lowest BCUT2D eigenvalue weighted by Crippen LogP contribution is -2.31. The van der Waals surface area contributed by atoms with Crippen molar-refractivity contribution in [1.82, 2.24) is 4.90 Å². The highest BCUT2D eigenvalue weighted by Gasteiger charge is 2.12. The first kappa shape index (κ1) is 11.1. The van der Waals surface area contributed by atoms with Gasteiger partial charge >= 0.3 is 5.97 Å². The molecule has 1 saturated heterocycles. The van der Waals surface area contributed by atoms with Crippen molar-refractivity contribution in [1.29, 1.82) is 0 Å². The first-order chi connectivity index (χ1) is 6.70. The van der Waals surface area contributed by atoms with E-state index in [2.05, 4.69) is 0 Å². The molecule has 78 valence electrons. The van der Waals surface area contributed by atoms with Crippen LogP contribution in [-0.2, 0) is 9.59 Å². The van der Waals surface area contributed by atoms with Crippen LogP contribution in [0.1, 0.15) is 6.42 Å². The fraction of sp³-hybridized carbons (Fsp3) is 0.556. The molecule has 0 aromatic heterocycles. The van der Waals surface area contributed by atoms with Gasteiger partial charge in [0.25, 0.3) is 0 Å². The van der Waals surface area contributed by atoms with Crippen LogP contribution in [0.3, 0.4) is 0 Å². The van der Waals surface area contributed by atoms with Crippen molar-refractivity contribution in [3.8, 4) is 0 Å². The molecule has 1 fully saturated rings. The highest BCUT2D eigenvalue weighted by Crippen LogP contribution is 2.10. The van der Waals surface area contributed by atoms with E-state index in [1.807, 2.05) is 11.8 Å². The van der Waals surface area contributed by atoms with Crippen molar-refractivity contribution >= 4 is 23.6 Å². The standard InChI is InChI=1S/C9H13NO3S/c11-8(2-3-9(12)13)10-4-1-6-14-7-5-10/h2-3H,1,4-7H2,(H,12,13). The van der Waals surface area contributed by atoms with E-state index in [4.69, 9.17) is 5.11 Å². The summed E-state index contributed by atoms with van der Waals surface area (Å²) in [6.07, 6.45) is 3.00. The Hall–Kier alpha value is -0.970. The van der Waals surface area contributed by atoms with E-state index in [0.717, 1.165) is 36.6 Å². The lowest BCUT2D eigenvalue weighted by molar-refractivity contribution is -0.132. The Morgan fingerprint density at radius 1 is 1.21 bits per heavy atom. The molecular weight excluding hydrogens is 202 g/mol. The number of hydrogen-bond acceptors (Lipinski definition) is 3. The van der Waals surface area contributed by atoms with E-state index in [9.17, 15) is 9.59 Å². The smallest absolute Gasteiger partial charge is 0.328 e.